The van der Waals surface area contributed by atoms with Crippen molar-refractivity contribution in [1.29, 1.82) is 0 Å². The molecular weight excluding hydrogens is 454 g/mol. The van der Waals surface area contributed by atoms with Crippen LogP contribution in [-0.4, -0.2) is 50.4 Å². The van der Waals surface area contributed by atoms with Crippen molar-refractivity contribution in [1.82, 2.24) is 25.4 Å². The van der Waals surface area contributed by atoms with Crippen LogP contribution in [0.1, 0.15) is 15.9 Å². The molecule has 0 bridgehead atoms. The molecule has 8 nitrogen and oxygen atoms in total. The molecule has 0 aliphatic rings. The fraction of sp³-hybridized carbons (Fsp3) is 0.143. The topological polar surface area (TPSA) is 109 Å². The van der Waals surface area contributed by atoms with E-state index >= 15 is 0 Å². The van der Waals surface area contributed by atoms with E-state index in [9.17, 15) is 14.7 Å². The van der Waals surface area contributed by atoms with Crippen molar-refractivity contribution in [3.8, 4) is 17.1 Å². The number of amides is 2. The second kappa shape index (κ2) is 11.7. The zero-order chi connectivity index (χ0) is 25.3. The summed E-state index contributed by atoms with van der Waals surface area (Å²) < 4.78 is 1.54. The molecule has 0 spiro atoms. The van der Waals surface area contributed by atoms with Gasteiger partial charge in [-0.3, -0.25) is 9.59 Å². The van der Waals surface area contributed by atoms with Crippen molar-refractivity contribution in [2.75, 3.05) is 6.54 Å². The molecule has 0 saturated carbocycles. The lowest BCUT2D eigenvalue weighted by Gasteiger charge is -2.24. The highest BCUT2D eigenvalue weighted by molar-refractivity contribution is 5.97. The van der Waals surface area contributed by atoms with Gasteiger partial charge in [0.15, 0.2) is 11.9 Å². The summed E-state index contributed by atoms with van der Waals surface area (Å²) in [7, 11) is 0. The third-order valence-electron chi connectivity index (χ3n) is 5.59. The summed E-state index contributed by atoms with van der Waals surface area (Å²) in [5, 5.41) is 20.8. The molecule has 2 aromatic carbocycles. The Hall–Kier alpha value is -4.56. The molecule has 8 heteroatoms. The van der Waals surface area contributed by atoms with E-state index in [0.29, 0.717) is 5.82 Å². The first kappa shape index (κ1) is 24.6. The Kier molecular flexibility index (Phi) is 8.00. The van der Waals surface area contributed by atoms with Gasteiger partial charge in [0.1, 0.15) is 0 Å². The number of aliphatic hydroxyl groups is 1. The predicted octanol–water partition coefficient (Wildman–Crippen LogP) is 2.94. The van der Waals surface area contributed by atoms with Gasteiger partial charge >= 0.3 is 0 Å². The van der Waals surface area contributed by atoms with Gasteiger partial charge < -0.3 is 15.7 Å². The van der Waals surface area contributed by atoms with Crippen molar-refractivity contribution >= 4 is 11.8 Å². The van der Waals surface area contributed by atoms with Crippen molar-refractivity contribution in [2.24, 2.45) is 0 Å². The molecule has 4 rings (SSSR count). The molecule has 2 heterocycles. The summed E-state index contributed by atoms with van der Waals surface area (Å²) in [5.74, 6) is -0.741. The molecule has 0 fully saturated rings. The maximum absolute atomic E-state index is 13.4. The molecule has 4 aromatic rings. The van der Waals surface area contributed by atoms with Crippen LogP contribution in [0.15, 0.2) is 104 Å². The Balaban J connectivity index is 1.59. The Morgan fingerprint density at radius 2 is 1.72 bits per heavy atom. The minimum absolute atomic E-state index is 0.206. The van der Waals surface area contributed by atoms with Crippen LogP contribution in [-0.2, 0) is 11.2 Å². The zero-order valence-electron chi connectivity index (χ0n) is 19.6. The quantitative estimate of drug-likeness (QED) is 0.302. The second-order valence-electron chi connectivity index (χ2n) is 8.13. The molecule has 0 radical (unpaired) electrons. The van der Waals surface area contributed by atoms with E-state index in [-0.39, 0.29) is 18.5 Å². The van der Waals surface area contributed by atoms with Crippen LogP contribution in [0.4, 0.5) is 0 Å². The number of nitrogens with one attached hydrogen (secondary N) is 2. The highest BCUT2D eigenvalue weighted by Crippen LogP contribution is 2.19. The zero-order valence-corrected chi connectivity index (χ0v) is 19.6. The van der Waals surface area contributed by atoms with Gasteiger partial charge in [-0.15, -0.1) is 6.58 Å². The Labute approximate surface area is 209 Å². The summed E-state index contributed by atoms with van der Waals surface area (Å²) >= 11 is 0. The number of hydrogen-bond donors (Lipinski definition) is 3. The lowest BCUT2D eigenvalue weighted by atomic mass is 10.00. The number of carbonyl (C=O) groups excluding carboxylic acids is 2. The van der Waals surface area contributed by atoms with Gasteiger partial charge in [0.2, 0.25) is 0 Å². The van der Waals surface area contributed by atoms with E-state index in [2.05, 4.69) is 27.3 Å². The number of hydrogen-bond acceptors (Lipinski definition) is 5. The number of nitrogens with zero attached hydrogens (tertiary/aromatic N) is 3. The monoisotopic (exact) mass is 481 g/mol. The molecule has 3 N–H and O–H groups in total. The van der Waals surface area contributed by atoms with E-state index in [1.54, 1.807) is 24.5 Å². The SMILES string of the molecule is C=CCNC(=O)C(O)C(Cc1ccccc1)NC(=O)c1cccnc1-n1ccc(-c2ccccc2)n1. The predicted molar refractivity (Wildman–Crippen MR) is 137 cm³/mol. The van der Waals surface area contributed by atoms with E-state index in [0.717, 1.165) is 16.8 Å². The van der Waals surface area contributed by atoms with E-state index in [4.69, 9.17) is 0 Å². The fourth-order valence-electron chi connectivity index (χ4n) is 3.78. The molecule has 2 aromatic heterocycles. The van der Waals surface area contributed by atoms with Crippen molar-refractivity contribution in [2.45, 2.75) is 18.6 Å². The van der Waals surface area contributed by atoms with Crippen LogP contribution >= 0.6 is 0 Å². The third-order valence-corrected chi connectivity index (χ3v) is 5.59. The molecule has 182 valence electrons. The number of carbonyl (C=O) groups is 2. The van der Waals surface area contributed by atoms with Gasteiger partial charge in [-0.1, -0.05) is 66.7 Å². The highest BCUT2D eigenvalue weighted by atomic mass is 16.3. The van der Waals surface area contributed by atoms with Gasteiger partial charge in [0.25, 0.3) is 11.8 Å². The molecule has 2 atom stereocenters. The molecule has 2 unspecified atom stereocenters. The van der Waals surface area contributed by atoms with Gasteiger partial charge in [-0.2, -0.15) is 5.10 Å². The van der Waals surface area contributed by atoms with Crippen LogP contribution in [0.5, 0.6) is 0 Å². The summed E-state index contributed by atoms with van der Waals surface area (Å²) in [5.41, 5.74) is 2.81. The van der Waals surface area contributed by atoms with E-state index < -0.39 is 24.0 Å². The molecule has 2 amide bonds. The Bertz CT molecular complexity index is 1320. The molecule has 0 aliphatic carbocycles. The number of pyridine rings is 1. The largest absolute Gasteiger partial charge is 0.381 e. The average molecular weight is 482 g/mol. The van der Waals surface area contributed by atoms with Gasteiger partial charge in [-0.05, 0) is 30.2 Å². The van der Waals surface area contributed by atoms with Crippen LogP contribution < -0.4 is 10.6 Å². The molecule has 0 saturated heterocycles. The lowest BCUT2D eigenvalue weighted by Crippen LogP contribution is -2.51. The first-order valence-electron chi connectivity index (χ1n) is 11.5. The van der Waals surface area contributed by atoms with E-state index in [1.807, 2.05) is 66.7 Å². The number of benzene rings is 2. The van der Waals surface area contributed by atoms with Crippen molar-refractivity contribution < 1.29 is 14.7 Å². The normalized spacial score (nSPS) is 12.4. The maximum Gasteiger partial charge on any atom is 0.255 e. The Morgan fingerprint density at radius 1 is 1.00 bits per heavy atom. The summed E-state index contributed by atoms with van der Waals surface area (Å²) in [6.45, 7) is 3.78. The van der Waals surface area contributed by atoms with Gasteiger partial charge in [-0.25, -0.2) is 9.67 Å². The average Bonchev–Trinajstić information content (AvgIpc) is 3.42. The fourth-order valence-corrected chi connectivity index (χ4v) is 3.78. The molecule has 36 heavy (non-hydrogen) atoms. The molecule has 0 aliphatic heterocycles. The summed E-state index contributed by atoms with van der Waals surface area (Å²) in [6.07, 6.45) is 3.62. The summed E-state index contributed by atoms with van der Waals surface area (Å²) in [4.78, 5) is 30.3. The van der Waals surface area contributed by atoms with Crippen molar-refractivity contribution in [3.63, 3.8) is 0 Å². The first-order valence-corrected chi connectivity index (χ1v) is 11.5. The number of aromatic nitrogens is 3. The second-order valence-corrected chi connectivity index (χ2v) is 8.13. The van der Waals surface area contributed by atoms with Crippen LogP contribution in [0, 0.1) is 0 Å². The molecular formula is C28H27N5O3. The smallest absolute Gasteiger partial charge is 0.255 e. The van der Waals surface area contributed by atoms with Gasteiger partial charge in [0.05, 0.1) is 17.3 Å². The maximum atomic E-state index is 13.4. The number of rotatable bonds is 10. The minimum atomic E-state index is -1.47. The number of aliphatic hydroxyl groups excluding tert-OH is 1. The first-order chi connectivity index (χ1) is 17.6. The highest BCUT2D eigenvalue weighted by Gasteiger charge is 2.29. The standard InChI is InChI=1S/C28H27N5O3/c1-2-16-30-28(36)25(34)24(19-20-10-5-3-6-11-20)31-27(35)22-14-9-17-29-26(22)33-18-15-23(32-33)21-12-7-4-8-13-21/h2-15,17-18,24-25,34H,1,16,19H2,(H,30,36)(H,31,35). The van der Waals surface area contributed by atoms with E-state index in [1.165, 1.54) is 10.8 Å². The van der Waals surface area contributed by atoms with Crippen LogP contribution in [0.25, 0.3) is 17.1 Å². The van der Waals surface area contributed by atoms with Crippen molar-refractivity contribution in [3.05, 3.63) is 115 Å². The van der Waals surface area contributed by atoms with Gasteiger partial charge in [0, 0.05) is 24.5 Å². The summed E-state index contributed by atoms with van der Waals surface area (Å²) in [6, 6.07) is 23.3. The van der Waals surface area contributed by atoms with Crippen LogP contribution in [0.3, 0.4) is 0 Å². The minimum Gasteiger partial charge on any atom is -0.381 e. The van der Waals surface area contributed by atoms with Crippen LogP contribution in [0.2, 0.25) is 0 Å². The third kappa shape index (κ3) is 5.92. The Morgan fingerprint density at radius 3 is 2.44 bits per heavy atom. The lowest BCUT2D eigenvalue weighted by molar-refractivity contribution is -0.130.